The standard InChI is InChI=1S/C20H32N4.HI/c1-3-21-19(22-14-17-8-7-13-24(2)15-17)23-16-20(11-12-20)18-9-5-4-6-10-18;/h4-6,9-10,17H,3,7-8,11-16H2,1-2H3,(H2,21,22,23);1H. The topological polar surface area (TPSA) is 39.7 Å². The summed E-state index contributed by atoms with van der Waals surface area (Å²) >= 11 is 0. The van der Waals surface area contributed by atoms with E-state index < -0.39 is 0 Å². The van der Waals surface area contributed by atoms with Crippen molar-refractivity contribution in [1.29, 1.82) is 0 Å². The van der Waals surface area contributed by atoms with E-state index in [1.54, 1.807) is 0 Å². The molecule has 2 aliphatic rings. The largest absolute Gasteiger partial charge is 0.357 e. The average molecular weight is 456 g/mol. The highest BCUT2D eigenvalue weighted by molar-refractivity contribution is 14.0. The lowest BCUT2D eigenvalue weighted by Crippen LogP contribution is -2.43. The first-order valence-corrected chi connectivity index (χ1v) is 9.48. The Balaban J connectivity index is 0.00000225. The zero-order valence-electron chi connectivity index (χ0n) is 15.6. The van der Waals surface area contributed by atoms with Gasteiger partial charge in [-0.3, -0.25) is 4.99 Å². The summed E-state index contributed by atoms with van der Waals surface area (Å²) in [6.07, 6.45) is 5.15. The number of halogens is 1. The zero-order valence-corrected chi connectivity index (χ0v) is 18.0. The second kappa shape index (κ2) is 9.76. The van der Waals surface area contributed by atoms with Crippen molar-refractivity contribution in [1.82, 2.24) is 15.5 Å². The molecule has 1 aliphatic carbocycles. The number of hydrogen-bond donors (Lipinski definition) is 2. The van der Waals surface area contributed by atoms with Gasteiger partial charge in [-0.15, -0.1) is 24.0 Å². The van der Waals surface area contributed by atoms with E-state index in [1.165, 1.54) is 44.3 Å². The molecule has 140 valence electrons. The van der Waals surface area contributed by atoms with E-state index in [9.17, 15) is 0 Å². The van der Waals surface area contributed by atoms with Crippen molar-refractivity contribution in [3.8, 4) is 0 Å². The summed E-state index contributed by atoms with van der Waals surface area (Å²) in [5, 5.41) is 6.99. The van der Waals surface area contributed by atoms with Gasteiger partial charge in [0.15, 0.2) is 5.96 Å². The maximum Gasteiger partial charge on any atom is 0.191 e. The molecule has 1 heterocycles. The summed E-state index contributed by atoms with van der Waals surface area (Å²) in [6.45, 7) is 7.39. The minimum atomic E-state index is 0. The Morgan fingerprint density at radius 1 is 1.24 bits per heavy atom. The van der Waals surface area contributed by atoms with Gasteiger partial charge in [0.05, 0.1) is 6.54 Å². The quantitative estimate of drug-likeness (QED) is 0.392. The monoisotopic (exact) mass is 456 g/mol. The summed E-state index contributed by atoms with van der Waals surface area (Å²) in [5.74, 6) is 1.71. The molecule has 3 rings (SSSR count). The fourth-order valence-electron chi connectivity index (χ4n) is 3.73. The molecular formula is C20H33IN4. The van der Waals surface area contributed by atoms with Crippen LogP contribution in [0.25, 0.3) is 0 Å². The first kappa shape index (κ1) is 20.5. The lowest BCUT2D eigenvalue weighted by molar-refractivity contribution is 0.210. The molecule has 2 N–H and O–H groups in total. The second-order valence-corrected chi connectivity index (χ2v) is 7.49. The Labute approximate surface area is 169 Å². The van der Waals surface area contributed by atoms with Crippen LogP contribution in [0.1, 0.15) is 38.2 Å². The Hall–Kier alpha value is -0.820. The number of aliphatic imine (C=N–C) groups is 1. The van der Waals surface area contributed by atoms with Crippen LogP contribution in [0.15, 0.2) is 35.3 Å². The SMILES string of the molecule is CCNC(=NCC1(c2ccccc2)CC1)NCC1CCCN(C)C1.I. The van der Waals surface area contributed by atoms with Crippen LogP contribution in [0.3, 0.4) is 0 Å². The maximum atomic E-state index is 4.91. The highest BCUT2D eigenvalue weighted by Gasteiger charge is 2.43. The average Bonchev–Trinajstić information content (AvgIpc) is 3.39. The van der Waals surface area contributed by atoms with Crippen LogP contribution in [0.4, 0.5) is 0 Å². The fourth-order valence-corrected chi connectivity index (χ4v) is 3.73. The summed E-state index contributed by atoms with van der Waals surface area (Å²) in [4.78, 5) is 7.35. The molecule has 1 unspecified atom stereocenters. The number of guanidine groups is 1. The zero-order chi connectivity index (χ0) is 16.8. The van der Waals surface area contributed by atoms with Crippen LogP contribution in [0.2, 0.25) is 0 Å². The fraction of sp³-hybridized carbons (Fsp3) is 0.650. The van der Waals surface area contributed by atoms with E-state index in [0.717, 1.165) is 31.5 Å². The molecule has 1 aromatic carbocycles. The molecule has 1 atom stereocenters. The summed E-state index contributed by atoms with van der Waals surface area (Å²) in [7, 11) is 2.22. The third kappa shape index (κ3) is 5.84. The highest BCUT2D eigenvalue weighted by atomic mass is 127. The van der Waals surface area contributed by atoms with Gasteiger partial charge in [0.25, 0.3) is 0 Å². The van der Waals surface area contributed by atoms with Crippen molar-refractivity contribution in [3.05, 3.63) is 35.9 Å². The van der Waals surface area contributed by atoms with Gasteiger partial charge < -0.3 is 15.5 Å². The first-order chi connectivity index (χ1) is 11.7. The van der Waals surface area contributed by atoms with Gasteiger partial charge in [-0.2, -0.15) is 0 Å². The molecule has 0 amide bonds. The van der Waals surface area contributed by atoms with Crippen molar-refractivity contribution in [3.63, 3.8) is 0 Å². The Bertz CT molecular complexity index is 542. The molecule has 1 saturated carbocycles. The van der Waals surface area contributed by atoms with E-state index >= 15 is 0 Å². The molecule has 0 radical (unpaired) electrons. The van der Waals surface area contributed by atoms with Crippen molar-refractivity contribution >= 4 is 29.9 Å². The normalized spacial score (nSPS) is 22.8. The molecule has 0 aromatic heterocycles. The maximum absolute atomic E-state index is 4.91. The number of hydrogen-bond acceptors (Lipinski definition) is 2. The highest BCUT2D eigenvalue weighted by Crippen LogP contribution is 2.48. The molecule has 5 heteroatoms. The minimum Gasteiger partial charge on any atom is -0.357 e. The van der Waals surface area contributed by atoms with Gasteiger partial charge >= 0.3 is 0 Å². The molecule has 1 saturated heterocycles. The third-order valence-corrected chi connectivity index (χ3v) is 5.40. The molecule has 2 fully saturated rings. The number of nitrogens with one attached hydrogen (secondary N) is 2. The summed E-state index contributed by atoms with van der Waals surface area (Å²) in [6, 6.07) is 10.9. The van der Waals surface area contributed by atoms with E-state index in [4.69, 9.17) is 4.99 Å². The molecule has 1 aliphatic heterocycles. The lowest BCUT2D eigenvalue weighted by Gasteiger charge is -2.30. The van der Waals surface area contributed by atoms with Crippen molar-refractivity contribution in [2.24, 2.45) is 10.9 Å². The van der Waals surface area contributed by atoms with Crippen LogP contribution < -0.4 is 10.6 Å². The third-order valence-electron chi connectivity index (χ3n) is 5.40. The van der Waals surface area contributed by atoms with E-state index in [-0.39, 0.29) is 29.4 Å². The Morgan fingerprint density at radius 3 is 2.64 bits per heavy atom. The molecule has 0 bridgehead atoms. The van der Waals surface area contributed by atoms with Crippen molar-refractivity contribution < 1.29 is 0 Å². The van der Waals surface area contributed by atoms with Gasteiger partial charge in [-0.25, -0.2) is 0 Å². The first-order valence-electron chi connectivity index (χ1n) is 9.48. The van der Waals surface area contributed by atoms with Crippen molar-refractivity contribution in [2.45, 2.75) is 38.0 Å². The predicted molar refractivity (Wildman–Crippen MR) is 117 cm³/mol. The number of rotatable bonds is 6. The Morgan fingerprint density at radius 2 is 2.00 bits per heavy atom. The summed E-state index contributed by atoms with van der Waals surface area (Å²) in [5.41, 5.74) is 1.73. The molecule has 0 spiro atoms. The van der Waals surface area contributed by atoms with Crippen LogP contribution >= 0.6 is 24.0 Å². The van der Waals surface area contributed by atoms with Gasteiger partial charge in [-0.1, -0.05) is 30.3 Å². The number of benzene rings is 1. The van der Waals surface area contributed by atoms with Crippen molar-refractivity contribution in [2.75, 3.05) is 39.8 Å². The van der Waals surface area contributed by atoms with Crippen LogP contribution in [-0.2, 0) is 5.41 Å². The molecule has 25 heavy (non-hydrogen) atoms. The van der Waals surface area contributed by atoms with E-state index in [2.05, 4.69) is 59.8 Å². The predicted octanol–water partition coefficient (Wildman–Crippen LogP) is 3.23. The summed E-state index contributed by atoms with van der Waals surface area (Å²) < 4.78 is 0. The molecule has 1 aromatic rings. The molecule has 4 nitrogen and oxygen atoms in total. The van der Waals surface area contributed by atoms with E-state index in [1.807, 2.05) is 0 Å². The second-order valence-electron chi connectivity index (χ2n) is 7.49. The lowest BCUT2D eigenvalue weighted by atomic mass is 9.96. The van der Waals surface area contributed by atoms with Gasteiger partial charge in [0, 0.05) is 25.0 Å². The number of piperidine rings is 1. The van der Waals surface area contributed by atoms with Gasteiger partial charge in [0.2, 0.25) is 0 Å². The van der Waals surface area contributed by atoms with Crippen LogP contribution in [-0.4, -0.2) is 50.6 Å². The van der Waals surface area contributed by atoms with Crippen LogP contribution in [0, 0.1) is 5.92 Å². The molecular weight excluding hydrogens is 423 g/mol. The minimum absolute atomic E-state index is 0. The van der Waals surface area contributed by atoms with E-state index in [0.29, 0.717) is 0 Å². The van der Waals surface area contributed by atoms with Gasteiger partial charge in [0.1, 0.15) is 0 Å². The van der Waals surface area contributed by atoms with Gasteiger partial charge in [-0.05, 0) is 57.7 Å². The Kier molecular flexibility index (Phi) is 8.00. The number of nitrogens with zero attached hydrogens (tertiary/aromatic N) is 2. The van der Waals surface area contributed by atoms with Crippen LogP contribution in [0.5, 0.6) is 0 Å². The number of likely N-dealkylation sites (tertiary alicyclic amines) is 1. The smallest absolute Gasteiger partial charge is 0.191 e.